The molecular formula is C27H35N7O. The van der Waals surface area contributed by atoms with Gasteiger partial charge in [0.25, 0.3) is 0 Å². The first-order valence-electron chi connectivity index (χ1n) is 12.0. The number of benzene rings is 1. The lowest BCUT2D eigenvalue weighted by atomic mass is 9.93. The molecule has 4 rings (SSSR count). The summed E-state index contributed by atoms with van der Waals surface area (Å²) in [5.74, 6) is 0.368. The van der Waals surface area contributed by atoms with Gasteiger partial charge in [0.15, 0.2) is 5.65 Å². The minimum Gasteiger partial charge on any atom is -0.338 e. The quantitative estimate of drug-likeness (QED) is 0.421. The van der Waals surface area contributed by atoms with Gasteiger partial charge in [-0.15, -0.1) is 0 Å². The maximum Gasteiger partial charge on any atom is 0.239 e. The predicted molar refractivity (Wildman–Crippen MR) is 139 cm³/mol. The van der Waals surface area contributed by atoms with E-state index in [0.29, 0.717) is 0 Å². The Kier molecular flexibility index (Phi) is 6.76. The van der Waals surface area contributed by atoms with Crippen molar-refractivity contribution in [2.75, 3.05) is 21.1 Å². The molecule has 8 heteroatoms. The average molecular weight is 474 g/mol. The largest absolute Gasteiger partial charge is 0.338 e. The lowest BCUT2D eigenvalue weighted by molar-refractivity contribution is -0.136. The normalized spacial score (nSPS) is 13.5. The monoisotopic (exact) mass is 473 g/mol. The van der Waals surface area contributed by atoms with Gasteiger partial charge in [-0.3, -0.25) is 14.8 Å². The molecule has 1 aromatic carbocycles. The molecule has 0 fully saturated rings. The second-order valence-corrected chi connectivity index (χ2v) is 9.84. The van der Waals surface area contributed by atoms with Crippen LogP contribution in [0.2, 0.25) is 0 Å². The van der Waals surface area contributed by atoms with E-state index in [-0.39, 0.29) is 23.9 Å². The summed E-state index contributed by atoms with van der Waals surface area (Å²) in [4.78, 5) is 20.9. The summed E-state index contributed by atoms with van der Waals surface area (Å²) < 4.78 is 1.80. The highest BCUT2D eigenvalue weighted by Gasteiger charge is 2.24. The molecule has 4 aromatic rings. The third-order valence-electron chi connectivity index (χ3n) is 6.96. The number of carbonyl (C=O) groups excluding carboxylic acids is 1. The van der Waals surface area contributed by atoms with Crippen LogP contribution in [0.25, 0.3) is 28.2 Å². The van der Waals surface area contributed by atoms with Crippen molar-refractivity contribution in [3.05, 3.63) is 59.5 Å². The molecule has 0 bridgehead atoms. The number of hydrogen-bond donors (Lipinski definition) is 1. The Bertz CT molecular complexity index is 1330. The molecular weight excluding hydrogens is 438 g/mol. The number of fused-ring (bicyclic) bond motifs is 1. The maximum absolute atomic E-state index is 12.8. The molecule has 35 heavy (non-hydrogen) atoms. The van der Waals surface area contributed by atoms with E-state index in [1.165, 1.54) is 0 Å². The summed E-state index contributed by atoms with van der Waals surface area (Å²) in [7, 11) is 5.71. The third kappa shape index (κ3) is 4.58. The first-order chi connectivity index (χ1) is 16.6. The van der Waals surface area contributed by atoms with Gasteiger partial charge in [-0.25, -0.2) is 9.50 Å². The predicted octanol–water partition coefficient (Wildman–Crippen LogP) is 4.69. The summed E-state index contributed by atoms with van der Waals surface area (Å²) in [6.07, 6.45) is 3.55. The van der Waals surface area contributed by atoms with Gasteiger partial charge in [-0.2, -0.15) is 10.2 Å². The molecule has 184 valence electrons. The van der Waals surface area contributed by atoms with E-state index < -0.39 is 0 Å². The third-order valence-corrected chi connectivity index (χ3v) is 6.96. The van der Waals surface area contributed by atoms with Crippen molar-refractivity contribution in [2.45, 2.75) is 52.6 Å². The summed E-state index contributed by atoms with van der Waals surface area (Å²) in [6, 6.07) is 10.3. The van der Waals surface area contributed by atoms with Crippen LogP contribution in [-0.2, 0) is 4.79 Å². The average Bonchev–Trinajstić information content (AvgIpc) is 3.50. The van der Waals surface area contributed by atoms with Crippen LogP contribution in [0, 0.1) is 6.92 Å². The van der Waals surface area contributed by atoms with Crippen LogP contribution in [0.3, 0.4) is 0 Å². The number of aromatic amines is 1. The van der Waals surface area contributed by atoms with Crippen molar-refractivity contribution < 1.29 is 4.79 Å². The highest BCUT2D eigenvalue weighted by Crippen LogP contribution is 2.36. The van der Waals surface area contributed by atoms with Crippen LogP contribution >= 0.6 is 0 Å². The SMILES string of the molecule is Cc1cc(-c2n[nH]c(-c3ccc(C(C)N(C)C(=O)C(C)N(C)C)cc3)c2C(C)C)cn2ncnc12. The molecule has 1 N–H and O–H groups in total. The van der Waals surface area contributed by atoms with Crippen LogP contribution in [0.15, 0.2) is 42.9 Å². The lowest BCUT2D eigenvalue weighted by Gasteiger charge is -2.30. The second kappa shape index (κ2) is 9.62. The van der Waals surface area contributed by atoms with Gasteiger partial charge in [0.1, 0.15) is 6.33 Å². The molecule has 2 atom stereocenters. The van der Waals surface area contributed by atoms with Gasteiger partial charge in [-0.1, -0.05) is 38.1 Å². The van der Waals surface area contributed by atoms with Crippen LogP contribution in [0.1, 0.15) is 56.3 Å². The van der Waals surface area contributed by atoms with E-state index in [9.17, 15) is 4.79 Å². The van der Waals surface area contributed by atoms with Gasteiger partial charge < -0.3 is 4.90 Å². The smallest absolute Gasteiger partial charge is 0.239 e. The first-order valence-corrected chi connectivity index (χ1v) is 12.0. The van der Waals surface area contributed by atoms with Gasteiger partial charge >= 0.3 is 0 Å². The van der Waals surface area contributed by atoms with Crippen molar-refractivity contribution in [2.24, 2.45) is 0 Å². The highest BCUT2D eigenvalue weighted by atomic mass is 16.2. The molecule has 3 heterocycles. The van der Waals surface area contributed by atoms with E-state index in [1.54, 1.807) is 10.8 Å². The molecule has 3 aromatic heterocycles. The number of likely N-dealkylation sites (N-methyl/N-ethyl adjacent to an activating group) is 2. The Morgan fingerprint density at radius 2 is 1.71 bits per heavy atom. The topological polar surface area (TPSA) is 82.4 Å². The van der Waals surface area contributed by atoms with E-state index in [1.807, 2.05) is 51.0 Å². The molecule has 0 saturated heterocycles. The van der Waals surface area contributed by atoms with Crippen LogP contribution in [0.5, 0.6) is 0 Å². The Balaban J connectivity index is 1.66. The molecule has 0 aliphatic rings. The molecule has 0 aliphatic heterocycles. The van der Waals surface area contributed by atoms with Gasteiger partial charge in [-0.05, 0) is 63.5 Å². The minimum absolute atomic E-state index is 0.0294. The van der Waals surface area contributed by atoms with E-state index >= 15 is 0 Å². The number of H-pyrrole nitrogens is 1. The van der Waals surface area contributed by atoms with Gasteiger partial charge in [0.2, 0.25) is 5.91 Å². The number of rotatable bonds is 7. The number of aromatic nitrogens is 5. The zero-order valence-corrected chi connectivity index (χ0v) is 21.9. The van der Waals surface area contributed by atoms with Crippen LogP contribution in [-0.4, -0.2) is 67.7 Å². The number of hydrogen-bond acceptors (Lipinski definition) is 5. The van der Waals surface area contributed by atoms with Crippen molar-refractivity contribution in [3.63, 3.8) is 0 Å². The number of nitrogens with one attached hydrogen (secondary N) is 1. The summed E-state index contributed by atoms with van der Waals surface area (Å²) >= 11 is 0. The molecule has 0 aliphatic carbocycles. The zero-order chi connectivity index (χ0) is 25.4. The fourth-order valence-corrected chi connectivity index (χ4v) is 4.43. The number of carbonyl (C=O) groups is 1. The Morgan fingerprint density at radius 1 is 1.03 bits per heavy atom. The van der Waals surface area contributed by atoms with E-state index in [2.05, 4.69) is 66.3 Å². The maximum atomic E-state index is 12.8. The Morgan fingerprint density at radius 3 is 2.34 bits per heavy atom. The molecule has 0 saturated carbocycles. The fourth-order valence-electron chi connectivity index (χ4n) is 4.43. The zero-order valence-electron chi connectivity index (χ0n) is 21.9. The first kappa shape index (κ1) is 24.6. The Labute approximate surface area is 207 Å². The summed E-state index contributed by atoms with van der Waals surface area (Å²) in [5.41, 5.74) is 8.17. The Hall–Kier alpha value is -3.52. The molecule has 1 amide bonds. The molecule has 2 unspecified atom stereocenters. The number of pyridine rings is 1. The molecule has 8 nitrogen and oxygen atoms in total. The highest BCUT2D eigenvalue weighted by molar-refractivity contribution is 5.81. The van der Waals surface area contributed by atoms with E-state index in [4.69, 9.17) is 5.10 Å². The molecule has 0 radical (unpaired) electrons. The number of aryl methyl sites for hydroxylation is 1. The van der Waals surface area contributed by atoms with Crippen molar-refractivity contribution in [1.29, 1.82) is 0 Å². The van der Waals surface area contributed by atoms with Crippen LogP contribution in [0.4, 0.5) is 0 Å². The van der Waals surface area contributed by atoms with Gasteiger partial charge in [0.05, 0.1) is 23.5 Å². The minimum atomic E-state index is -0.167. The van der Waals surface area contributed by atoms with E-state index in [0.717, 1.165) is 44.9 Å². The lowest BCUT2D eigenvalue weighted by Crippen LogP contribution is -2.43. The van der Waals surface area contributed by atoms with Crippen molar-refractivity contribution in [3.8, 4) is 22.5 Å². The van der Waals surface area contributed by atoms with Crippen molar-refractivity contribution in [1.82, 2.24) is 34.6 Å². The number of amides is 1. The van der Waals surface area contributed by atoms with Crippen molar-refractivity contribution >= 4 is 11.6 Å². The molecule has 0 spiro atoms. The summed E-state index contributed by atoms with van der Waals surface area (Å²) in [6.45, 7) is 10.4. The van der Waals surface area contributed by atoms with Crippen LogP contribution < -0.4 is 0 Å². The van der Waals surface area contributed by atoms with Gasteiger partial charge in [0, 0.05) is 24.4 Å². The summed E-state index contributed by atoms with van der Waals surface area (Å²) in [5, 5.41) is 12.3. The number of nitrogens with zero attached hydrogens (tertiary/aromatic N) is 6. The second-order valence-electron chi connectivity index (χ2n) is 9.84. The standard InChI is InChI=1S/C27H35N7O/c1-16(2)23-24(30-31-25(23)22-13-17(3)26-28-15-29-34(26)14-22)21-11-9-20(10-12-21)18(4)33(8)27(35)19(5)32(6)7/h9-16,18-19H,1-8H3,(H,30,31). The fraction of sp³-hybridized carbons (Fsp3) is 0.407.